The van der Waals surface area contributed by atoms with Gasteiger partial charge in [-0.1, -0.05) is 0 Å². The van der Waals surface area contributed by atoms with Crippen LogP contribution < -0.4 is 16.6 Å². The molecule has 1 aliphatic carbocycles. The Morgan fingerprint density at radius 3 is 2.81 bits per heavy atom. The number of carbonyl (C=O) groups is 2. The normalized spacial score (nSPS) is 15.5. The van der Waals surface area contributed by atoms with Crippen molar-refractivity contribution in [3.05, 3.63) is 42.7 Å². The molecule has 2 heterocycles. The Kier molecular flexibility index (Phi) is 5.03. The number of aromatic nitrogens is 3. The van der Waals surface area contributed by atoms with E-state index < -0.39 is 23.1 Å². The number of fused-ring (bicyclic) bond motifs is 1. The monoisotopic (exact) mass is 378 g/mol. The topological polar surface area (TPSA) is 134 Å². The van der Waals surface area contributed by atoms with Crippen LogP contribution in [0.4, 0.5) is 5.13 Å². The first-order valence-corrected chi connectivity index (χ1v) is 8.98. The van der Waals surface area contributed by atoms with Gasteiger partial charge in [-0.05, 0) is 26.7 Å². The van der Waals surface area contributed by atoms with Crippen molar-refractivity contribution in [1.29, 1.82) is 0 Å². The maximum Gasteiger partial charge on any atom is 0.325 e. The summed E-state index contributed by atoms with van der Waals surface area (Å²) in [6.45, 7) is 3.62. The molecule has 3 rings (SSSR count). The highest BCUT2D eigenvalue weighted by atomic mass is 32.1. The smallest absolute Gasteiger partial charge is 0.325 e. The molecule has 1 atom stereocenters. The summed E-state index contributed by atoms with van der Waals surface area (Å²) in [7, 11) is 0. The van der Waals surface area contributed by atoms with E-state index in [2.05, 4.69) is 20.3 Å². The molecule has 0 bridgehead atoms. The van der Waals surface area contributed by atoms with Gasteiger partial charge < -0.3 is 15.0 Å². The van der Waals surface area contributed by atoms with Crippen molar-refractivity contribution < 1.29 is 14.3 Å². The van der Waals surface area contributed by atoms with Gasteiger partial charge in [0, 0.05) is 16.1 Å². The Morgan fingerprint density at radius 1 is 1.35 bits per heavy atom. The number of thiazole rings is 1. The summed E-state index contributed by atoms with van der Waals surface area (Å²) in [5, 5.41) is 3.03. The van der Waals surface area contributed by atoms with Crippen LogP contribution in [-0.2, 0) is 27.2 Å². The third kappa shape index (κ3) is 3.59. The summed E-state index contributed by atoms with van der Waals surface area (Å²) in [6, 6.07) is 0. The minimum Gasteiger partial charge on any atom is -0.465 e. The van der Waals surface area contributed by atoms with Gasteiger partial charge in [-0.3, -0.25) is 19.4 Å². The number of hydrogen-bond acceptors (Lipinski definition) is 7. The van der Waals surface area contributed by atoms with E-state index >= 15 is 0 Å². The van der Waals surface area contributed by atoms with Crippen molar-refractivity contribution in [2.45, 2.75) is 39.0 Å². The molecule has 1 aliphatic rings. The van der Waals surface area contributed by atoms with Crippen LogP contribution >= 0.6 is 11.3 Å². The van der Waals surface area contributed by atoms with Gasteiger partial charge in [-0.15, -0.1) is 11.3 Å². The summed E-state index contributed by atoms with van der Waals surface area (Å²) < 4.78 is 5.06. The van der Waals surface area contributed by atoms with E-state index in [1.165, 1.54) is 11.3 Å². The van der Waals surface area contributed by atoms with Crippen molar-refractivity contribution in [3.63, 3.8) is 0 Å². The fourth-order valence-corrected chi connectivity index (χ4v) is 3.97. The number of nitrogens with zero attached hydrogens (tertiary/aromatic N) is 1. The van der Waals surface area contributed by atoms with Gasteiger partial charge in [-0.25, -0.2) is 9.78 Å². The average molecular weight is 378 g/mol. The average Bonchev–Trinajstić information content (AvgIpc) is 3.10. The third-order valence-electron chi connectivity index (χ3n) is 4.13. The summed E-state index contributed by atoms with van der Waals surface area (Å²) in [5.74, 6) is -1.12. The summed E-state index contributed by atoms with van der Waals surface area (Å²) in [6.07, 6.45) is 1.18. The van der Waals surface area contributed by atoms with Crippen LogP contribution in [-0.4, -0.2) is 33.4 Å². The summed E-state index contributed by atoms with van der Waals surface area (Å²) in [5.41, 5.74) is -0.0150. The third-order valence-corrected chi connectivity index (χ3v) is 5.17. The number of carbonyl (C=O) groups excluding carboxylic acids is 2. The minimum absolute atomic E-state index is 0.190. The van der Waals surface area contributed by atoms with Crippen molar-refractivity contribution in [2.75, 3.05) is 11.9 Å². The number of anilines is 1. The van der Waals surface area contributed by atoms with Crippen molar-refractivity contribution >= 4 is 28.3 Å². The quantitative estimate of drug-likeness (QED) is 0.653. The Balaban J connectivity index is 1.72. The predicted molar refractivity (Wildman–Crippen MR) is 94.6 cm³/mol. The maximum atomic E-state index is 12.2. The highest BCUT2D eigenvalue weighted by Gasteiger charge is 2.33. The molecule has 138 valence electrons. The zero-order valence-electron chi connectivity index (χ0n) is 14.3. The molecule has 0 spiro atoms. The Labute approximate surface area is 151 Å². The fourth-order valence-electron chi connectivity index (χ4n) is 2.92. The first-order valence-electron chi connectivity index (χ1n) is 8.17. The SMILES string of the molecule is CCOC(=O)[C@H]1CCc2sc(NC(=O)Cc3c(C)[nH]c(=O)[nH]c3=O)nc21. The first kappa shape index (κ1) is 18.1. The van der Waals surface area contributed by atoms with Crippen molar-refractivity contribution in [1.82, 2.24) is 15.0 Å². The van der Waals surface area contributed by atoms with Gasteiger partial charge >= 0.3 is 11.7 Å². The number of ether oxygens (including phenoxy) is 1. The van der Waals surface area contributed by atoms with Gasteiger partial charge in [0.2, 0.25) is 5.91 Å². The van der Waals surface area contributed by atoms with E-state index in [4.69, 9.17) is 4.74 Å². The van der Waals surface area contributed by atoms with E-state index in [0.29, 0.717) is 36.0 Å². The number of amides is 1. The van der Waals surface area contributed by atoms with E-state index in [0.717, 1.165) is 4.88 Å². The van der Waals surface area contributed by atoms with Crippen LogP contribution in [0.5, 0.6) is 0 Å². The molecule has 1 amide bonds. The molecule has 3 N–H and O–H groups in total. The highest BCUT2D eigenvalue weighted by Crippen LogP contribution is 2.38. The van der Waals surface area contributed by atoms with Crippen LogP contribution in [0.2, 0.25) is 0 Å². The summed E-state index contributed by atoms with van der Waals surface area (Å²) >= 11 is 1.32. The number of aromatic amines is 2. The molecule has 0 aliphatic heterocycles. The molecule has 26 heavy (non-hydrogen) atoms. The van der Waals surface area contributed by atoms with E-state index in [1.54, 1.807) is 13.8 Å². The van der Waals surface area contributed by atoms with Crippen LogP contribution in [0.15, 0.2) is 9.59 Å². The van der Waals surface area contributed by atoms with Gasteiger partial charge in [0.05, 0.1) is 18.7 Å². The minimum atomic E-state index is -0.613. The lowest BCUT2D eigenvalue weighted by Gasteiger charge is -2.08. The van der Waals surface area contributed by atoms with Crippen LogP contribution in [0.1, 0.15) is 41.1 Å². The van der Waals surface area contributed by atoms with Gasteiger partial charge in [0.15, 0.2) is 5.13 Å². The Morgan fingerprint density at radius 2 is 2.12 bits per heavy atom. The number of H-pyrrole nitrogens is 2. The van der Waals surface area contributed by atoms with Gasteiger partial charge in [0.25, 0.3) is 5.56 Å². The molecule has 2 aromatic heterocycles. The molecule has 0 aromatic carbocycles. The Hall–Kier alpha value is -2.75. The number of esters is 1. The summed E-state index contributed by atoms with van der Waals surface area (Å²) in [4.78, 5) is 57.1. The Bertz CT molecular complexity index is 974. The lowest BCUT2D eigenvalue weighted by molar-refractivity contribution is -0.145. The zero-order valence-corrected chi connectivity index (χ0v) is 15.1. The van der Waals surface area contributed by atoms with E-state index in [-0.39, 0.29) is 18.0 Å². The highest BCUT2D eigenvalue weighted by molar-refractivity contribution is 7.16. The molecule has 0 unspecified atom stereocenters. The number of aryl methyl sites for hydroxylation is 2. The first-order chi connectivity index (χ1) is 12.4. The fraction of sp³-hybridized carbons (Fsp3) is 0.438. The zero-order chi connectivity index (χ0) is 18.8. The number of nitrogens with one attached hydrogen (secondary N) is 3. The van der Waals surface area contributed by atoms with Gasteiger partial charge in [-0.2, -0.15) is 0 Å². The number of rotatable bonds is 5. The second kappa shape index (κ2) is 7.24. The van der Waals surface area contributed by atoms with Crippen LogP contribution in [0.25, 0.3) is 0 Å². The maximum absolute atomic E-state index is 12.2. The molecule has 0 radical (unpaired) electrons. The molecule has 9 nitrogen and oxygen atoms in total. The molecule has 2 aromatic rings. The molecule has 10 heteroatoms. The molecular weight excluding hydrogens is 360 g/mol. The lowest BCUT2D eigenvalue weighted by atomic mass is 10.1. The van der Waals surface area contributed by atoms with Crippen molar-refractivity contribution in [2.24, 2.45) is 0 Å². The van der Waals surface area contributed by atoms with Crippen LogP contribution in [0, 0.1) is 6.92 Å². The molecular formula is C16H18N4O5S. The van der Waals surface area contributed by atoms with Crippen molar-refractivity contribution in [3.8, 4) is 0 Å². The molecule has 0 saturated heterocycles. The second-order valence-electron chi connectivity index (χ2n) is 5.91. The van der Waals surface area contributed by atoms with Crippen LogP contribution in [0.3, 0.4) is 0 Å². The number of hydrogen-bond donors (Lipinski definition) is 3. The van der Waals surface area contributed by atoms with E-state index in [9.17, 15) is 19.2 Å². The van der Waals surface area contributed by atoms with E-state index in [1.807, 2.05) is 0 Å². The lowest BCUT2D eigenvalue weighted by Crippen LogP contribution is -2.29. The second-order valence-corrected chi connectivity index (χ2v) is 6.99. The standard InChI is InChI=1S/C16H18N4O5S/c1-3-25-14(23)8-4-5-10-12(8)19-16(26-10)18-11(21)6-9-7(2)17-15(24)20-13(9)22/h8H,3-6H2,1-2H3,(H,18,19,21)(H2,17,20,22,24)/t8-/m0/s1. The largest absolute Gasteiger partial charge is 0.465 e. The molecule has 0 saturated carbocycles. The predicted octanol–water partition coefficient (Wildman–Crippen LogP) is 0.602. The molecule has 0 fully saturated rings. The van der Waals surface area contributed by atoms with Gasteiger partial charge in [0.1, 0.15) is 5.92 Å².